The molecule has 0 fully saturated rings. The minimum atomic E-state index is -0.0804. The number of ether oxygens (including phenoxy) is 1. The Kier molecular flexibility index (Phi) is 8.56. The quantitative estimate of drug-likeness (QED) is 0.327. The topological polar surface area (TPSA) is 74.8 Å². The van der Waals surface area contributed by atoms with Crippen LogP contribution in [0.5, 0.6) is 5.75 Å². The zero-order valence-electron chi connectivity index (χ0n) is 16.2. The molecule has 3 N–H and O–H groups in total. The van der Waals surface area contributed by atoms with Gasteiger partial charge in [-0.15, -0.1) is 24.0 Å². The maximum atomic E-state index is 11.2. The van der Waals surface area contributed by atoms with Crippen LogP contribution in [0.4, 0.5) is 5.69 Å². The molecule has 28 heavy (non-hydrogen) atoms. The van der Waals surface area contributed by atoms with Crippen molar-refractivity contribution < 1.29 is 9.53 Å². The molecule has 1 heterocycles. The zero-order chi connectivity index (χ0) is 19.1. The maximum absolute atomic E-state index is 11.2. The van der Waals surface area contributed by atoms with E-state index in [1.165, 1.54) is 12.5 Å². The van der Waals surface area contributed by atoms with E-state index in [1.54, 1.807) is 0 Å². The van der Waals surface area contributed by atoms with Crippen molar-refractivity contribution in [3.05, 3.63) is 59.7 Å². The standard InChI is InChI=1S/C21H26N4O2.HI/c1-3-22-21(23-13-16-7-6-9-18(11-16)25-15(2)26)24-14-19-12-17-8-4-5-10-20(17)27-19;/h4-11,19H,3,12-14H2,1-2H3,(H,25,26)(H2,22,23,24);1H. The molecule has 1 unspecified atom stereocenters. The van der Waals surface area contributed by atoms with Gasteiger partial charge in [0.2, 0.25) is 5.91 Å². The van der Waals surface area contributed by atoms with Crippen LogP contribution in [0.25, 0.3) is 0 Å². The van der Waals surface area contributed by atoms with Gasteiger partial charge in [0.25, 0.3) is 0 Å². The lowest BCUT2D eigenvalue weighted by molar-refractivity contribution is -0.114. The number of hydrogen-bond acceptors (Lipinski definition) is 3. The van der Waals surface area contributed by atoms with Gasteiger partial charge in [0, 0.05) is 25.6 Å². The fourth-order valence-corrected chi connectivity index (χ4v) is 3.04. The van der Waals surface area contributed by atoms with Gasteiger partial charge in [0.1, 0.15) is 11.9 Å². The van der Waals surface area contributed by atoms with Crippen molar-refractivity contribution >= 4 is 41.5 Å². The third-order valence-electron chi connectivity index (χ3n) is 4.22. The van der Waals surface area contributed by atoms with Crippen LogP contribution in [0.15, 0.2) is 53.5 Å². The highest BCUT2D eigenvalue weighted by atomic mass is 127. The highest BCUT2D eigenvalue weighted by molar-refractivity contribution is 14.0. The molecule has 1 atom stereocenters. The van der Waals surface area contributed by atoms with Gasteiger partial charge in [-0.25, -0.2) is 4.99 Å². The van der Waals surface area contributed by atoms with Gasteiger partial charge in [-0.2, -0.15) is 0 Å². The predicted molar refractivity (Wildman–Crippen MR) is 124 cm³/mol. The van der Waals surface area contributed by atoms with Gasteiger partial charge in [-0.3, -0.25) is 4.79 Å². The molecule has 0 aliphatic carbocycles. The van der Waals surface area contributed by atoms with E-state index in [2.05, 4.69) is 27.0 Å². The second-order valence-corrected chi connectivity index (χ2v) is 6.51. The van der Waals surface area contributed by atoms with E-state index in [4.69, 9.17) is 4.74 Å². The molecule has 0 bridgehead atoms. The third kappa shape index (κ3) is 6.40. The highest BCUT2D eigenvalue weighted by Gasteiger charge is 2.22. The Labute approximate surface area is 183 Å². The Morgan fingerprint density at radius 3 is 2.75 bits per heavy atom. The van der Waals surface area contributed by atoms with E-state index >= 15 is 0 Å². The lowest BCUT2D eigenvalue weighted by Gasteiger charge is -2.15. The number of rotatable bonds is 6. The summed E-state index contributed by atoms with van der Waals surface area (Å²) in [7, 11) is 0. The Hall–Kier alpha value is -2.29. The molecule has 0 aromatic heterocycles. The van der Waals surface area contributed by atoms with Gasteiger partial charge in [-0.05, 0) is 36.2 Å². The zero-order valence-corrected chi connectivity index (χ0v) is 18.5. The molecule has 7 heteroatoms. The molecule has 2 aromatic rings. The molecular formula is C21H27IN4O2. The summed E-state index contributed by atoms with van der Waals surface area (Å²) < 4.78 is 5.97. The Bertz CT molecular complexity index is 801. The van der Waals surface area contributed by atoms with Gasteiger partial charge >= 0.3 is 0 Å². The summed E-state index contributed by atoms with van der Waals surface area (Å²) in [5.41, 5.74) is 3.06. The fraction of sp³-hybridized carbons (Fsp3) is 0.333. The number of aliphatic imine (C=N–C) groups is 1. The van der Waals surface area contributed by atoms with E-state index in [0.717, 1.165) is 35.9 Å². The number of fused-ring (bicyclic) bond motifs is 1. The number of nitrogens with zero attached hydrogens (tertiary/aromatic N) is 1. The van der Waals surface area contributed by atoms with Crippen molar-refractivity contribution in [2.45, 2.75) is 32.9 Å². The van der Waals surface area contributed by atoms with Crippen LogP contribution in [0.3, 0.4) is 0 Å². The Morgan fingerprint density at radius 2 is 2.00 bits per heavy atom. The van der Waals surface area contributed by atoms with Crippen molar-refractivity contribution in [2.75, 3.05) is 18.4 Å². The summed E-state index contributed by atoms with van der Waals surface area (Å²) in [6.07, 6.45) is 1.01. The van der Waals surface area contributed by atoms with Crippen LogP contribution in [0.2, 0.25) is 0 Å². The van der Waals surface area contributed by atoms with Gasteiger partial charge in [0.05, 0.1) is 13.1 Å². The molecule has 0 radical (unpaired) electrons. The van der Waals surface area contributed by atoms with Crippen LogP contribution in [0, 0.1) is 0 Å². The molecular weight excluding hydrogens is 467 g/mol. The SMILES string of the molecule is CCNC(=NCc1cccc(NC(C)=O)c1)NCC1Cc2ccccc2O1.I. The number of hydrogen-bond donors (Lipinski definition) is 3. The number of halogens is 1. The average molecular weight is 494 g/mol. The van der Waals surface area contributed by atoms with Crippen molar-refractivity contribution in [1.29, 1.82) is 0 Å². The molecule has 1 amide bonds. The van der Waals surface area contributed by atoms with Crippen LogP contribution in [0.1, 0.15) is 25.0 Å². The first-order chi connectivity index (χ1) is 13.1. The van der Waals surface area contributed by atoms with E-state index in [0.29, 0.717) is 13.1 Å². The van der Waals surface area contributed by atoms with Crippen LogP contribution in [-0.4, -0.2) is 31.1 Å². The predicted octanol–water partition coefficient (Wildman–Crippen LogP) is 3.32. The number of para-hydroxylation sites is 1. The van der Waals surface area contributed by atoms with Crippen LogP contribution < -0.4 is 20.7 Å². The molecule has 3 rings (SSSR count). The van der Waals surface area contributed by atoms with Gasteiger partial charge in [-0.1, -0.05) is 30.3 Å². The van der Waals surface area contributed by atoms with Gasteiger partial charge in [0.15, 0.2) is 5.96 Å². The number of anilines is 1. The minimum absolute atomic E-state index is 0. The Balaban J connectivity index is 0.00000280. The fourth-order valence-electron chi connectivity index (χ4n) is 3.04. The van der Waals surface area contributed by atoms with Crippen LogP contribution in [-0.2, 0) is 17.8 Å². The van der Waals surface area contributed by atoms with Gasteiger partial charge < -0.3 is 20.7 Å². The van der Waals surface area contributed by atoms with Crippen LogP contribution >= 0.6 is 24.0 Å². The molecule has 0 saturated heterocycles. The Morgan fingerprint density at radius 1 is 1.18 bits per heavy atom. The van der Waals surface area contributed by atoms with Crippen molar-refractivity contribution in [2.24, 2.45) is 4.99 Å². The second kappa shape index (κ2) is 10.9. The summed E-state index contributed by atoms with van der Waals surface area (Å²) in [5.74, 6) is 1.64. The summed E-state index contributed by atoms with van der Waals surface area (Å²) in [4.78, 5) is 15.8. The number of carbonyl (C=O) groups is 1. The summed E-state index contributed by atoms with van der Waals surface area (Å²) >= 11 is 0. The molecule has 6 nitrogen and oxygen atoms in total. The van der Waals surface area contributed by atoms with Crippen molar-refractivity contribution in [3.8, 4) is 5.75 Å². The second-order valence-electron chi connectivity index (χ2n) is 6.51. The molecule has 1 aliphatic rings. The highest BCUT2D eigenvalue weighted by Crippen LogP contribution is 2.27. The smallest absolute Gasteiger partial charge is 0.221 e. The molecule has 0 saturated carbocycles. The first kappa shape index (κ1) is 22.0. The summed E-state index contributed by atoms with van der Waals surface area (Å²) in [6.45, 7) is 5.53. The summed E-state index contributed by atoms with van der Waals surface area (Å²) in [6, 6.07) is 15.9. The first-order valence-electron chi connectivity index (χ1n) is 9.27. The number of benzene rings is 2. The minimum Gasteiger partial charge on any atom is -0.488 e. The monoisotopic (exact) mass is 494 g/mol. The van der Waals surface area contributed by atoms with E-state index in [-0.39, 0.29) is 36.0 Å². The lowest BCUT2D eigenvalue weighted by Crippen LogP contribution is -2.42. The summed E-state index contributed by atoms with van der Waals surface area (Å²) in [5, 5.41) is 9.41. The largest absolute Gasteiger partial charge is 0.488 e. The van der Waals surface area contributed by atoms with Crippen molar-refractivity contribution in [1.82, 2.24) is 10.6 Å². The maximum Gasteiger partial charge on any atom is 0.221 e. The average Bonchev–Trinajstić information content (AvgIpc) is 3.07. The third-order valence-corrected chi connectivity index (χ3v) is 4.22. The van der Waals surface area contributed by atoms with E-state index in [9.17, 15) is 4.79 Å². The van der Waals surface area contributed by atoms with E-state index in [1.807, 2.05) is 49.4 Å². The number of amides is 1. The normalized spacial score (nSPS) is 15.1. The van der Waals surface area contributed by atoms with Crippen molar-refractivity contribution in [3.63, 3.8) is 0 Å². The number of carbonyl (C=O) groups excluding carboxylic acids is 1. The molecule has 1 aliphatic heterocycles. The van der Waals surface area contributed by atoms with E-state index < -0.39 is 0 Å². The molecule has 2 aromatic carbocycles. The lowest BCUT2D eigenvalue weighted by atomic mass is 10.1. The number of nitrogens with one attached hydrogen (secondary N) is 3. The number of guanidine groups is 1. The first-order valence-corrected chi connectivity index (χ1v) is 9.27. The molecule has 150 valence electrons. The molecule has 0 spiro atoms.